The van der Waals surface area contributed by atoms with Gasteiger partial charge in [0.25, 0.3) is 0 Å². The average molecular weight is 164 g/mol. The molecule has 4 bridgehead atoms. The molecule has 12 heavy (non-hydrogen) atoms. The zero-order valence-electron chi connectivity index (χ0n) is 7.46. The molecule has 4 unspecified atom stereocenters. The van der Waals surface area contributed by atoms with Gasteiger partial charge in [-0.2, -0.15) is 0 Å². The zero-order chi connectivity index (χ0) is 8.13. The van der Waals surface area contributed by atoms with Crippen molar-refractivity contribution in [2.75, 3.05) is 0 Å². The number of hydrogen-bond acceptors (Lipinski definition) is 1. The molecule has 0 aliphatic heterocycles. The minimum atomic E-state index is 0.525. The summed E-state index contributed by atoms with van der Waals surface area (Å²) in [5.74, 6) is 3.59. The second-order valence-electron chi connectivity index (χ2n) is 4.90. The Labute approximate surface area is 73.5 Å². The predicted molar refractivity (Wildman–Crippen MR) is 46.7 cm³/mol. The van der Waals surface area contributed by atoms with Crippen LogP contribution in [0.15, 0.2) is 0 Å². The van der Waals surface area contributed by atoms with Crippen molar-refractivity contribution in [1.29, 1.82) is 0 Å². The molecule has 0 aromatic heterocycles. The van der Waals surface area contributed by atoms with Gasteiger partial charge in [-0.3, -0.25) is 4.79 Å². The van der Waals surface area contributed by atoms with E-state index in [2.05, 4.69) is 0 Å². The van der Waals surface area contributed by atoms with Crippen molar-refractivity contribution < 1.29 is 4.79 Å². The molecule has 3 aliphatic rings. The van der Waals surface area contributed by atoms with Crippen molar-refractivity contribution in [3.63, 3.8) is 0 Å². The molecule has 1 heteroatoms. The van der Waals surface area contributed by atoms with Gasteiger partial charge in [0.1, 0.15) is 5.78 Å². The lowest BCUT2D eigenvalue weighted by Gasteiger charge is -2.19. The van der Waals surface area contributed by atoms with E-state index in [1.54, 1.807) is 0 Å². The molecular weight excluding hydrogens is 148 g/mol. The van der Waals surface area contributed by atoms with Crippen molar-refractivity contribution in [3.8, 4) is 0 Å². The summed E-state index contributed by atoms with van der Waals surface area (Å²) in [6.07, 6.45) is 7.81. The van der Waals surface area contributed by atoms with Gasteiger partial charge in [0.15, 0.2) is 0 Å². The second kappa shape index (κ2) is 2.34. The Morgan fingerprint density at radius 1 is 1.08 bits per heavy atom. The van der Waals surface area contributed by atoms with Crippen molar-refractivity contribution in [2.24, 2.45) is 23.7 Å². The smallest absolute Gasteiger partial charge is 0.136 e. The quantitative estimate of drug-likeness (QED) is 0.537. The van der Waals surface area contributed by atoms with E-state index in [1.165, 1.54) is 32.1 Å². The standard InChI is InChI=1S/C11H16O/c12-10-6-8-5-7-3-1-2-4-9(8)11(7)10/h7-9,11H,1-6H2. The predicted octanol–water partition coefficient (Wildman–Crippen LogP) is 2.40. The van der Waals surface area contributed by atoms with Gasteiger partial charge in [-0.25, -0.2) is 0 Å². The highest BCUT2D eigenvalue weighted by Gasteiger charge is 2.52. The van der Waals surface area contributed by atoms with E-state index >= 15 is 0 Å². The zero-order valence-corrected chi connectivity index (χ0v) is 7.46. The molecule has 3 rings (SSSR count). The van der Waals surface area contributed by atoms with Crippen LogP contribution in [-0.4, -0.2) is 5.78 Å². The van der Waals surface area contributed by atoms with Gasteiger partial charge in [-0.1, -0.05) is 12.8 Å². The van der Waals surface area contributed by atoms with Crippen LogP contribution in [0.2, 0.25) is 0 Å². The van der Waals surface area contributed by atoms with E-state index < -0.39 is 0 Å². The maximum Gasteiger partial charge on any atom is 0.136 e. The molecule has 3 fully saturated rings. The highest BCUT2D eigenvalue weighted by atomic mass is 16.1. The SMILES string of the molecule is O=C1CC2CC3CCCCC2C13. The average Bonchev–Trinajstić information content (AvgIpc) is 2.41. The van der Waals surface area contributed by atoms with Gasteiger partial charge in [-0.15, -0.1) is 0 Å². The van der Waals surface area contributed by atoms with Gasteiger partial charge in [-0.05, 0) is 37.0 Å². The fraction of sp³-hybridized carbons (Fsp3) is 0.909. The molecule has 66 valence electrons. The molecule has 4 atom stereocenters. The van der Waals surface area contributed by atoms with E-state index in [0.717, 1.165) is 24.2 Å². The molecule has 0 aromatic rings. The van der Waals surface area contributed by atoms with E-state index in [-0.39, 0.29) is 0 Å². The Bertz CT molecular complexity index is 221. The minimum absolute atomic E-state index is 0.525. The summed E-state index contributed by atoms with van der Waals surface area (Å²) >= 11 is 0. The van der Waals surface area contributed by atoms with E-state index in [1.807, 2.05) is 0 Å². The molecule has 0 spiro atoms. The third-order valence-electron chi connectivity index (χ3n) is 4.38. The first-order valence-corrected chi connectivity index (χ1v) is 5.39. The molecule has 0 aromatic carbocycles. The fourth-order valence-corrected chi connectivity index (χ4v) is 3.98. The molecule has 0 heterocycles. The molecule has 0 saturated heterocycles. The highest BCUT2D eigenvalue weighted by Crippen LogP contribution is 2.55. The van der Waals surface area contributed by atoms with Crippen LogP contribution in [0.4, 0.5) is 0 Å². The van der Waals surface area contributed by atoms with Gasteiger partial charge in [0.05, 0.1) is 0 Å². The number of carbonyl (C=O) groups is 1. The van der Waals surface area contributed by atoms with Crippen LogP contribution in [0.3, 0.4) is 0 Å². The summed E-state index contributed by atoms with van der Waals surface area (Å²) in [6, 6.07) is 0. The van der Waals surface area contributed by atoms with Crippen molar-refractivity contribution in [1.82, 2.24) is 0 Å². The molecule has 3 saturated carbocycles. The molecular formula is C11H16O. The number of carbonyl (C=O) groups excluding carboxylic acids is 1. The first-order valence-electron chi connectivity index (χ1n) is 5.39. The van der Waals surface area contributed by atoms with Crippen molar-refractivity contribution >= 4 is 5.78 Å². The van der Waals surface area contributed by atoms with Crippen LogP contribution in [0.5, 0.6) is 0 Å². The number of rotatable bonds is 0. The third kappa shape index (κ3) is 0.773. The lowest BCUT2D eigenvalue weighted by atomic mass is 9.85. The first kappa shape index (κ1) is 7.11. The van der Waals surface area contributed by atoms with Crippen LogP contribution in [-0.2, 0) is 4.79 Å². The highest BCUT2D eigenvalue weighted by molar-refractivity contribution is 5.85. The Morgan fingerprint density at radius 3 is 2.83 bits per heavy atom. The number of Topliss-reactive ketones (excluding diaryl/α,β-unsaturated/α-hetero) is 1. The van der Waals surface area contributed by atoms with E-state index in [9.17, 15) is 4.79 Å². The van der Waals surface area contributed by atoms with Crippen LogP contribution in [0.25, 0.3) is 0 Å². The Morgan fingerprint density at radius 2 is 1.92 bits per heavy atom. The van der Waals surface area contributed by atoms with Crippen molar-refractivity contribution in [2.45, 2.75) is 38.5 Å². The minimum Gasteiger partial charge on any atom is -0.299 e. The van der Waals surface area contributed by atoms with Gasteiger partial charge < -0.3 is 0 Å². The van der Waals surface area contributed by atoms with Crippen molar-refractivity contribution in [3.05, 3.63) is 0 Å². The van der Waals surface area contributed by atoms with Crippen LogP contribution in [0.1, 0.15) is 38.5 Å². The molecule has 0 radical (unpaired) electrons. The summed E-state index contributed by atoms with van der Waals surface area (Å²) < 4.78 is 0. The summed E-state index contributed by atoms with van der Waals surface area (Å²) in [4.78, 5) is 11.6. The summed E-state index contributed by atoms with van der Waals surface area (Å²) in [5, 5.41) is 0. The normalized spacial score (nSPS) is 51.2. The van der Waals surface area contributed by atoms with Gasteiger partial charge in [0, 0.05) is 12.3 Å². The fourth-order valence-electron chi connectivity index (χ4n) is 3.98. The molecule has 0 amide bonds. The maximum absolute atomic E-state index is 11.6. The second-order valence-corrected chi connectivity index (χ2v) is 4.90. The molecule has 3 aliphatic carbocycles. The Hall–Kier alpha value is -0.330. The van der Waals surface area contributed by atoms with Gasteiger partial charge >= 0.3 is 0 Å². The topological polar surface area (TPSA) is 17.1 Å². The largest absolute Gasteiger partial charge is 0.299 e. The van der Waals surface area contributed by atoms with Crippen LogP contribution in [0, 0.1) is 23.7 Å². The lowest BCUT2D eigenvalue weighted by molar-refractivity contribution is -0.123. The summed E-state index contributed by atoms with van der Waals surface area (Å²) in [6.45, 7) is 0. The summed E-state index contributed by atoms with van der Waals surface area (Å²) in [7, 11) is 0. The monoisotopic (exact) mass is 164 g/mol. The summed E-state index contributed by atoms with van der Waals surface area (Å²) in [5.41, 5.74) is 0. The van der Waals surface area contributed by atoms with Crippen LogP contribution < -0.4 is 0 Å². The van der Waals surface area contributed by atoms with E-state index in [0.29, 0.717) is 11.7 Å². The third-order valence-corrected chi connectivity index (χ3v) is 4.38. The molecule has 1 nitrogen and oxygen atoms in total. The Balaban J connectivity index is 1.95. The number of ketones is 1. The van der Waals surface area contributed by atoms with Gasteiger partial charge in [0.2, 0.25) is 0 Å². The first-order chi connectivity index (χ1) is 5.86. The Kier molecular flexibility index (Phi) is 1.38. The van der Waals surface area contributed by atoms with E-state index in [4.69, 9.17) is 0 Å². The lowest BCUT2D eigenvalue weighted by Crippen LogP contribution is -2.20. The van der Waals surface area contributed by atoms with Crippen LogP contribution >= 0.6 is 0 Å². The maximum atomic E-state index is 11.6. The molecule has 0 N–H and O–H groups in total. The number of hydrogen-bond donors (Lipinski definition) is 0.